The van der Waals surface area contributed by atoms with Gasteiger partial charge >= 0.3 is 0 Å². The number of rotatable bonds is 2. The Morgan fingerprint density at radius 2 is 2.20 bits per heavy atom. The van der Waals surface area contributed by atoms with Crippen LogP contribution in [0.2, 0.25) is 0 Å². The van der Waals surface area contributed by atoms with Crippen LogP contribution in [0, 0.1) is 0 Å². The van der Waals surface area contributed by atoms with Gasteiger partial charge in [-0.05, 0) is 23.6 Å². The lowest BCUT2D eigenvalue weighted by Gasteiger charge is -1.98. The second-order valence-electron chi connectivity index (χ2n) is 3.43. The van der Waals surface area contributed by atoms with Crippen LogP contribution in [0.15, 0.2) is 48.1 Å². The molecule has 0 bridgehead atoms. The summed E-state index contributed by atoms with van der Waals surface area (Å²) < 4.78 is 2.14. The molecule has 3 heterocycles. The van der Waals surface area contributed by atoms with E-state index in [2.05, 4.69) is 39.2 Å². The summed E-state index contributed by atoms with van der Waals surface area (Å²) in [6.07, 6.45) is 4.89. The maximum atomic E-state index is 4.44. The van der Waals surface area contributed by atoms with Crippen molar-refractivity contribution in [2.75, 3.05) is 0 Å². The minimum absolute atomic E-state index is 0.913. The Morgan fingerprint density at radius 3 is 3.07 bits per heavy atom. The predicted octanol–water partition coefficient (Wildman–Crippen LogP) is 2.99. The summed E-state index contributed by atoms with van der Waals surface area (Å²) in [5.41, 5.74) is 1.16. The van der Waals surface area contributed by atoms with Gasteiger partial charge in [-0.15, -0.1) is 11.3 Å². The van der Waals surface area contributed by atoms with Gasteiger partial charge in [0, 0.05) is 17.5 Å². The third-order valence-electron chi connectivity index (χ3n) is 2.43. The summed E-state index contributed by atoms with van der Waals surface area (Å²) in [7, 11) is 0. The molecule has 3 rings (SSSR count). The lowest BCUT2D eigenvalue weighted by atomic mass is 10.3. The fourth-order valence-electron chi connectivity index (χ4n) is 1.70. The van der Waals surface area contributed by atoms with Crippen LogP contribution in [0.1, 0.15) is 10.7 Å². The first-order chi connectivity index (χ1) is 7.43. The van der Waals surface area contributed by atoms with E-state index in [1.165, 1.54) is 4.88 Å². The van der Waals surface area contributed by atoms with E-state index in [0.717, 1.165) is 17.8 Å². The molecule has 74 valence electrons. The number of aromatic nitrogens is 2. The van der Waals surface area contributed by atoms with Crippen molar-refractivity contribution in [3.05, 3.63) is 58.8 Å². The quantitative estimate of drug-likeness (QED) is 0.641. The monoisotopic (exact) mass is 214 g/mol. The molecule has 0 saturated carbocycles. The third-order valence-corrected chi connectivity index (χ3v) is 3.30. The highest BCUT2D eigenvalue weighted by Gasteiger charge is 2.03. The molecule has 0 aliphatic heterocycles. The van der Waals surface area contributed by atoms with Crippen LogP contribution in [0.5, 0.6) is 0 Å². The smallest absolute Gasteiger partial charge is 0.118 e. The fourth-order valence-corrected chi connectivity index (χ4v) is 2.40. The SMILES string of the molecule is c1csc(Cc2ncc3ccccn23)c1. The van der Waals surface area contributed by atoms with E-state index in [-0.39, 0.29) is 0 Å². The van der Waals surface area contributed by atoms with Gasteiger partial charge < -0.3 is 4.40 Å². The van der Waals surface area contributed by atoms with Crippen molar-refractivity contribution in [3.8, 4) is 0 Å². The van der Waals surface area contributed by atoms with E-state index < -0.39 is 0 Å². The maximum Gasteiger partial charge on any atom is 0.118 e. The molecular weight excluding hydrogens is 204 g/mol. The van der Waals surface area contributed by atoms with Gasteiger partial charge in [0.1, 0.15) is 5.82 Å². The fraction of sp³-hybridized carbons (Fsp3) is 0.0833. The number of thiophene rings is 1. The normalized spacial score (nSPS) is 10.9. The number of fused-ring (bicyclic) bond motifs is 1. The summed E-state index contributed by atoms with van der Waals surface area (Å²) in [4.78, 5) is 5.79. The molecule has 0 atom stereocenters. The molecule has 3 aromatic heterocycles. The Morgan fingerprint density at radius 1 is 1.20 bits per heavy atom. The largest absolute Gasteiger partial charge is 0.303 e. The zero-order chi connectivity index (χ0) is 10.1. The van der Waals surface area contributed by atoms with Gasteiger partial charge in [0.25, 0.3) is 0 Å². The first-order valence-electron chi connectivity index (χ1n) is 4.87. The lowest BCUT2D eigenvalue weighted by Crippen LogP contribution is -1.93. The summed E-state index contributed by atoms with van der Waals surface area (Å²) in [5.74, 6) is 1.10. The Kier molecular flexibility index (Phi) is 2.03. The number of imidazole rings is 1. The van der Waals surface area contributed by atoms with Gasteiger partial charge in [-0.3, -0.25) is 0 Å². The predicted molar refractivity (Wildman–Crippen MR) is 62.3 cm³/mol. The molecule has 15 heavy (non-hydrogen) atoms. The minimum Gasteiger partial charge on any atom is -0.303 e. The van der Waals surface area contributed by atoms with Gasteiger partial charge in [0.15, 0.2) is 0 Å². The zero-order valence-electron chi connectivity index (χ0n) is 8.13. The number of pyridine rings is 1. The molecule has 0 spiro atoms. The average molecular weight is 214 g/mol. The summed E-state index contributed by atoms with van der Waals surface area (Å²) in [6.45, 7) is 0. The van der Waals surface area contributed by atoms with E-state index >= 15 is 0 Å². The van der Waals surface area contributed by atoms with Gasteiger partial charge in [0.2, 0.25) is 0 Å². The van der Waals surface area contributed by atoms with Crippen molar-refractivity contribution in [3.63, 3.8) is 0 Å². The minimum atomic E-state index is 0.913. The standard InChI is InChI=1S/C12H10N2S/c1-2-6-14-10(4-1)9-13-12(14)8-11-5-3-7-15-11/h1-7,9H,8H2. The van der Waals surface area contributed by atoms with E-state index in [4.69, 9.17) is 0 Å². The topological polar surface area (TPSA) is 17.3 Å². The first kappa shape index (κ1) is 8.68. The molecule has 3 aromatic rings. The molecule has 0 unspecified atom stereocenters. The van der Waals surface area contributed by atoms with E-state index in [1.54, 1.807) is 11.3 Å². The molecule has 2 nitrogen and oxygen atoms in total. The highest BCUT2D eigenvalue weighted by molar-refractivity contribution is 7.09. The first-order valence-corrected chi connectivity index (χ1v) is 5.75. The molecule has 0 radical (unpaired) electrons. The molecule has 3 heteroatoms. The Hall–Kier alpha value is -1.61. The van der Waals surface area contributed by atoms with Crippen LogP contribution < -0.4 is 0 Å². The Balaban J connectivity index is 2.05. The lowest BCUT2D eigenvalue weighted by molar-refractivity contribution is 0.974. The van der Waals surface area contributed by atoms with E-state index in [1.807, 2.05) is 18.3 Å². The second-order valence-corrected chi connectivity index (χ2v) is 4.46. The summed E-state index contributed by atoms with van der Waals surface area (Å²) in [6, 6.07) is 10.4. The van der Waals surface area contributed by atoms with Crippen molar-refractivity contribution in [2.45, 2.75) is 6.42 Å². The number of hydrogen-bond acceptors (Lipinski definition) is 2. The van der Waals surface area contributed by atoms with Crippen molar-refractivity contribution in [1.29, 1.82) is 0 Å². The van der Waals surface area contributed by atoms with Crippen molar-refractivity contribution in [2.24, 2.45) is 0 Å². The summed E-state index contributed by atoms with van der Waals surface area (Å²) in [5, 5.41) is 2.10. The molecule has 0 aliphatic rings. The second kappa shape index (κ2) is 3.51. The van der Waals surface area contributed by atoms with Gasteiger partial charge in [-0.2, -0.15) is 0 Å². The zero-order valence-corrected chi connectivity index (χ0v) is 8.95. The van der Waals surface area contributed by atoms with E-state index in [9.17, 15) is 0 Å². The number of hydrogen-bond donors (Lipinski definition) is 0. The van der Waals surface area contributed by atoms with Gasteiger partial charge in [-0.25, -0.2) is 4.98 Å². The van der Waals surface area contributed by atoms with Crippen LogP contribution in [-0.2, 0) is 6.42 Å². The highest BCUT2D eigenvalue weighted by Crippen LogP contribution is 2.15. The van der Waals surface area contributed by atoms with Crippen molar-refractivity contribution in [1.82, 2.24) is 9.38 Å². The van der Waals surface area contributed by atoms with E-state index in [0.29, 0.717) is 0 Å². The Bertz CT molecular complexity index is 566. The third kappa shape index (κ3) is 1.55. The van der Waals surface area contributed by atoms with Crippen LogP contribution in [0.4, 0.5) is 0 Å². The number of nitrogens with zero attached hydrogens (tertiary/aromatic N) is 2. The van der Waals surface area contributed by atoms with Crippen LogP contribution in [0.3, 0.4) is 0 Å². The molecule has 0 fully saturated rings. The van der Waals surface area contributed by atoms with Crippen LogP contribution in [0.25, 0.3) is 5.52 Å². The molecule has 0 aliphatic carbocycles. The molecular formula is C12H10N2S. The highest BCUT2D eigenvalue weighted by atomic mass is 32.1. The molecule has 0 aromatic carbocycles. The maximum absolute atomic E-state index is 4.44. The average Bonchev–Trinajstić information content (AvgIpc) is 2.89. The Labute approximate surface area is 91.8 Å². The van der Waals surface area contributed by atoms with Gasteiger partial charge in [-0.1, -0.05) is 12.1 Å². The van der Waals surface area contributed by atoms with Crippen LogP contribution in [-0.4, -0.2) is 9.38 Å². The van der Waals surface area contributed by atoms with Gasteiger partial charge in [0.05, 0.1) is 11.7 Å². The van der Waals surface area contributed by atoms with Crippen molar-refractivity contribution < 1.29 is 0 Å². The van der Waals surface area contributed by atoms with Crippen molar-refractivity contribution >= 4 is 16.9 Å². The molecule has 0 amide bonds. The summed E-state index contributed by atoms with van der Waals surface area (Å²) >= 11 is 1.78. The molecule has 0 N–H and O–H groups in total. The molecule has 0 saturated heterocycles. The van der Waals surface area contributed by atoms with Crippen LogP contribution >= 0.6 is 11.3 Å².